The van der Waals surface area contributed by atoms with Gasteiger partial charge in [0.25, 0.3) is 0 Å². The Hall–Kier alpha value is -1.64. The maximum atomic E-state index is 12.0. The Balaban J connectivity index is 2.44. The number of esters is 1. The van der Waals surface area contributed by atoms with Crippen molar-refractivity contribution < 1.29 is 14.3 Å². The normalized spacial score (nSPS) is 10.3. The Bertz CT molecular complexity index is 429. The summed E-state index contributed by atoms with van der Waals surface area (Å²) in [5.74, 6) is -0.287. The van der Waals surface area contributed by atoms with Gasteiger partial charge in [0.1, 0.15) is 0 Å². The van der Waals surface area contributed by atoms with E-state index >= 15 is 0 Å². The quantitative estimate of drug-likeness (QED) is 0.428. The van der Waals surface area contributed by atoms with Crippen LogP contribution < -0.4 is 0 Å². The second-order valence-corrected chi connectivity index (χ2v) is 4.87. The van der Waals surface area contributed by atoms with E-state index in [9.17, 15) is 9.59 Å². The number of hydrogen-bond acceptors (Lipinski definition) is 3. The summed E-state index contributed by atoms with van der Waals surface area (Å²) in [6.07, 6.45) is 2.24. The summed E-state index contributed by atoms with van der Waals surface area (Å²) in [7, 11) is 0. The van der Waals surface area contributed by atoms with Gasteiger partial charge in [0.15, 0.2) is 5.78 Å². The summed E-state index contributed by atoms with van der Waals surface area (Å²) in [4.78, 5) is 23.4. The molecule has 3 heteroatoms. The molecule has 19 heavy (non-hydrogen) atoms. The predicted octanol–water partition coefficient (Wildman–Crippen LogP) is 3.61. The molecular weight excluding hydrogens is 240 g/mol. The van der Waals surface area contributed by atoms with Gasteiger partial charge < -0.3 is 4.74 Å². The molecule has 3 nitrogen and oxygen atoms in total. The zero-order chi connectivity index (χ0) is 14.3. The van der Waals surface area contributed by atoms with Crippen molar-refractivity contribution >= 4 is 11.8 Å². The lowest BCUT2D eigenvalue weighted by Gasteiger charge is -2.05. The van der Waals surface area contributed by atoms with Crippen LogP contribution in [0.3, 0.4) is 0 Å². The van der Waals surface area contributed by atoms with E-state index in [1.807, 2.05) is 39.0 Å². The van der Waals surface area contributed by atoms with Gasteiger partial charge >= 0.3 is 5.97 Å². The maximum Gasteiger partial charge on any atom is 0.306 e. The van der Waals surface area contributed by atoms with Gasteiger partial charge in [0, 0.05) is 12.0 Å². The minimum atomic E-state index is -0.286. The van der Waals surface area contributed by atoms with Gasteiger partial charge in [-0.15, -0.1) is 0 Å². The number of carbonyl (C=O) groups is 2. The molecule has 0 unspecified atom stereocenters. The average Bonchev–Trinajstić information content (AvgIpc) is 2.35. The molecular formula is C16H22O3. The summed E-state index contributed by atoms with van der Waals surface area (Å²) in [5.41, 5.74) is 2.81. The van der Waals surface area contributed by atoms with Crippen LogP contribution in [-0.2, 0) is 9.53 Å². The molecule has 1 rings (SSSR count). The first kappa shape index (κ1) is 15.4. The molecule has 0 radical (unpaired) electrons. The summed E-state index contributed by atoms with van der Waals surface area (Å²) in [6, 6.07) is 5.74. The molecule has 1 aromatic carbocycles. The van der Waals surface area contributed by atoms with E-state index in [4.69, 9.17) is 4.74 Å². The third kappa shape index (κ3) is 5.69. The summed E-state index contributed by atoms with van der Waals surface area (Å²) in [6.45, 7) is 6.41. The number of carbonyl (C=O) groups excluding carboxylic acids is 2. The monoisotopic (exact) mass is 262 g/mol. The molecule has 0 bridgehead atoms. The molecule has 0 saturated carbocycles. The number of ether oxygens (including phenoxy) is 1. The van der Waals surface area contributed by atoms with Gasteiger partial charge in [-0.05, 0) is 32.4 Å². The highest BCUT2D eigenvalue weighted by Crippen LogP contribution is 2.12. The number of benzene rings is 1. The van der Waals surface area contributed by atoms with E-state index in [1.165, 1.54) is 0 Å². The van der Waals surface area contributed by atoms with Gasteiger partial charge in [-0.1, -0.05) is 30.5 Å². The lowest BCUT2D eigenvalue weighted by molar-refractivity contribution is -0.143. The summed E-state index contributed by atoms with van der Waals surface area (Å²) in [5, 5.41) is 0. The van der Waals surface area contributed by atoms with E-state index in [0.29, 0.717) is 12.2 Å². The highest BCUT2D eigenvalue weighted by molar-refractivity contribution is 5.97. The van der Waals surface area contributed by atoms with Gasteiger partial charge in [-0.2, -0.15) is 0 Å². The first-order valence-corrected chi connectivity index (χ1v) is 6.80. The van der Waals surface area contributed by atoms with Crippen molar-refractivity contribution in [1.82, 2.24) is 0 Å². The van der Waals surface area contributed by atoms with Crippen LogP contribution >= 0.6 is 0 Å². The largest absolute Gasteiger partial charge is 0.466 e. The van der Waals surface area contributed by atoms with Crippen molar-refractivity contribution in [3.8, 4) is 0 Å². The molecule has 0 aromatic heterocycles. The third-order valence-corrected chi connectivity index (χ3v) is 2.86. The van der Waals surface area contributed by atoms with E-state index in [-0.39, 0.29) is 24.6 Å². The van der Waals surface area contributed by atoms with Crippen LogP contribution in [0.2, 0.25) is 0 Å². The molecule has 0 N–H and O–H groups in total. The van der Waals surface area contributed by atoms with E-state index in [1.54, 1.807) is 0 Å². The van der Waals surface area contributed by atoms with E-state index < -0.39 is 0 Å². The minimum Gasteiger partial charge on any atom is -0.466 e. The number of unbranched alkanes of at least 4 members (excludes halogenated alkanes) is 1. The lowest BCUT2D eigenvalue weighted by Crippen LogP contribution is -2.09. The van der Waals surface area contributed by atoms with Gasteiger partial charge in [0.2, 0.25) is 0 Å². The molecule has 0 amide bonds. The Kier molecular flexibility index (Phi) is 6.26. The zero-order valence-electron chi connectivity index (χ0n) is 12.0. The Morgan fingerprint density at radius 3 is 2.26 bits per heavy atom. The molecule has 0 fully saturated rings. The predicted molar refractivity (Wildman–Crippen MR) is 75.3 cm³/mol. The van der Waals surface area contributed by atoms with Crippen molar-refractivity contribution in [2.45, 2.75) is 46.5 Å². The van der Waals surface area contributed by atoms with Crippen molar-refractivity contribution in [2.24, 2.45) is 0 Å². The first-order valence-electron chi connectivity index (χ1n) is 6.80. The summed E-state index contributed by atoms with van der Waals surface area (Å²) >= 11 is 0. The fourth-order valence-electron chi connectivity index (χ4n) is 1.90. The van der Waals surface area contributed by atoms with E-state index in [2.05, 4.69) is 0 Å². The standard InChI is InChI=1S/C16H22O3/c1-4-5-8-19-16(18)7-6-15(17)14-10-12(2)9-13(3)11-14/h9-11H,4-8H2,1-3H3. The first-order chi connectivity index (χ1) is 9.02. The van der Waals surface area contributed by atoms with Crippen molar-refractivity contribution in [3.63, 3.8) is 0 Å². The maximum absolute atomic E-state index is 12.0. The fourth-order valence-corrected chi connectivity index (χ4v) is 1.90. The smallest absolute Gasteiger partial charge is 0.306 e. The number of Topliss-reactive ketones (excluding diaryl/α,β-unsaturated/α-hetero) is 1. The number of rotatable bonds is 7. The number of aryl methyl sites for hydroxylation is 2. The molecule has 0 saturated heterocycles. The highest BCUT2D eigenvalue weighted by atomic mass is 16.5. The molecule has 0 aliphatic carbocycles. The van der Waals surface area contributed by atoms with Crippen molar-refractivity contribution in [1.29, 1.82) is 0 Å². The van der Waals surface area contributed by atoms with Crippen LogP contribution in [0.15, 0.2) is 18.2 Å². The third-order valence-electron chi connectivity index (χ3n) is 2.86. The van der Waals surface area contributed by atoms with E-state index in [0.717, 1.165) is 24.0 Å². The fraction of sp³-hybridized carbons (Fsp3) is 0.500. The zero-order valence-corrected chi connectivity index (χ0v) is 12.0. The Labute approximate surface area is 115 Å². The highest BCUT2D eigenvalue weighted by Gasteiger charge is 2.10. The molecule has 0 heterocycles. The lowest BCUT2D eigenvalue weighted by atomic mass is 10.0. The Morgan fingerprint density at radius 2 is 1.68 bits per heavy atom. The number of ketones is 1. The van der Waals surface area contributed by atoms with Gasteiger partial charge in [-0.25, -0.2) is 0 Å². The van der Waals surface area contributed by atoms with Gasteiger partial charge in [0.05, 0.1) is 13.0 Å². The second kappa shape index (κ2) is 7.72. The second-order valence-electron chi connectivity index (χ2n) is 4.87. The number of hydrogen-bond donors (Lipinski definition) is 0. The summed E-state index contributed by atoms with van der Waals surface area (Å²) < 4.78 is 5.02. The molecule has 0 aliphatic rings. The van der Waals surface area contributed by atoms with Gasteiger partial charge in [-0.3, -0.25) is 9.59 Å². The molecule has 0 spiro atoms. The van der Waals surface area contributed by atoms with Crippen molar-refractivity contribution in [2.75, 3.05) is 6.61 Å². The van der Waals surface area contributed by atoms with Crippen molar-refractivity contribution in [3.05, 3.63) is 34.9 Å². The molecule has 104 valence electrons. The van der Waals surface area contributed by atoms with Crippen LogP contribution in [0, 0.1) is 13.8 Å². The van der Waals surface area contributed by atoms with Crippen LogP contribution in [0.1, 0.15) is 54.1 Å². The average molecular weight is 262 g/mol. The molecule has 1 aromatic rings. The van der Waals surface area contributed by atoms with Crippen LogP contribution in [-0.4, -0.2) is 18.4 Å². The minimum absolute atomic E-state index is 0.000702. The molecule has 0 aliphatic heterocycles. The van der Waals surface area contributed by atoms with Crippen LogP contribution in [0.4, 0.5) is 0 Å². The topological polar surface area (TPSA) is 43.4 Å². The van der Waals surface area contributed by atoms with Crippen LogP contribution in [0.25, 0.3) is 0 Å². The van der Waals surface area contributed by atoms with Crippen LogP contribution in [0.5, 0.6) is 0 Å². The molecule has 0 atom stereocenters. The SMILES string of the molecule is CCCCOC(=O)CCC(=O)c1cc(C)cc(C)c1. The Morgan fingerprint density at radius 1 is 1.05 bits per heavy atom.